The molecule has 38 heavy (non-hydrogen) atoms. The van der Waals surface area contributed by atoms with Gasteiger partial charge in [-0.25, -0.2) is 9.78 Å². The zero-order valence-corrected chi connectivity index (χ0v) is 22.4. The highest BCUT2D eigenvalue weighted by Gasteiger charge is 2.31. The Hall–Kier alpha value is -4.09. The van der Waals surface area contributed by atoms with E-state index in [-0.39, 0.29) is 18.0 Å². The minimum Gasteiger partial charge on any atom is -0.453 e. The summed E-state index contributed by atoms with van der Waals surface area (Å²) in [7, 11) is 2.93. The SMILES string of the molecule is COC(=O)N[C@@H](Cc1ccccc1)C(=O)N(C)[C@@H](Cc1ccc([N+](=O)[O-])cc1)c1csc(-c2cccs2)n1. The number of alkyl carbamates (subject to hydrolysis) is 1. The van der Waals surface area contributed by atoms with Gasteiger partial charge in [0.2, 0.25) is 5.91 Å². The van der Waals surface area contributed by atoms with Crippen molar-refractivity contribution in [2.45, 2.75) is 24.9 Å². The second-order valence-corrected chi connectivity index (χ2v) is 10.3. The number of rotatable bonds is 10. The highest BCUT2D eigenvalue weighted by atomic mass is 32.1. The van der Waals surface area contributed by atoms with E-state index in [0.717, 1.165) is 21.0 Å². The average Bonchev–Trinajstić information content (AvgIpc) is 3.64. The Kier molecular flexibility index (Phi) is 8.82. The number of nitrogens with one attached hydrogen (secondary N) is 1. The highest BCUT2D eigenvalue weighted by molar-refractivity contribution is 7.20. The van der Waals surface area contributed by atoms with Crippen LogP contribution in [0.25, 0.3) is 9.88 Å². The van der Waals surface area contributed by atoms with E-state index in [1.54, 1.807) is 35.4 Å². The first kappa shape index (κ1) is 27.0. The number of methoxy groups -OCH3 is 1. The van der Waals surface area contributed by atoms with Gasteiger partial charge >= 0.3 is 6.09 Å². The Morgan fingerprint density at radius 1 is 1.03 bits per heavy atom. The fourth-order valence-corrected chi connectivity index (χ4v) is 5.70. The fraction of sp³-hybridized carbons (Fsp3) is 0.222. The molecule has 0 aliphatic heterocycles. The summed E-state index contributed by atoms with van der Waals surface area (Å²) in [5.74, 6) is -0.308. The first-order chi connectivity index (χ1) is 18.4. The number of thiophene rings is 1. The Morgan fingerprint density at radius 2 is 1.74 bits per heavy atom. The minimum absolute atomic E-state index is 0.00595. The summed E-state index contributed by atoms with van der Waals surface area (Å²) in [5, 5.41) is 18.5. The lowest BCUT2D eigenvalue weighted by molar-refractivity contribution is -0.384. The van der Waals surface area contributed by atoms with Crippen molar-refractivity contribution in [1.82, 2.24) is 15.2 Å². The molecule has 0 unspecified atom stereocenters. The van der Waals surface area contributed by atoms with Gasteiger partial charge in [0, 0.05) is 31.0 Å². The van der Waals surface area contributed by atoms with Crippen molar-refractivity contribution in [2.75, 3.05) is 14.2 Å². The minimum atomic E-state index is -0.871. The van der Waals surface area contributed by atoms with Crippen molar-refractivity contribution in [3.05, 3.63) is 104 Å². The van der Waals surface area contributed by atoms with Crippen molar-refractivity contribution in [3.8, 4) is 9.88 Å². The highest BCUT2D eigenvalue weighted by Crippen LogP contribution is 2.33. The van der Waals surface area contributed by atoms with E-state index in [0.29, 0.717) is 12.1 Å². The number of ether oxygens (including phenoxy) is 1. The molecule has 4 aromatic rings. The predicted octanol–water partition coefficient (Wildman–Crippen LogP) is 5.49. The van der Waals surface area contributed by atoms with E-state index in [4.69, 9.17) is 9.72 Å². The summed E-state index contributed by atoms with van der Waals surface area (Å²) in [5.41, 5.74) is 2.39. The monoisotopic (exact) mass is 550 g/mol. The maximum Gasteiger partial charge on any atom is 0.407 e. The summed E-state index contributed by atoms with van der Waals surface area (Å²) in [6, 6.07) is 18.3. The topological polar surface area (TPSA) is 115 Å². The zero-order chi connectivity index (χ0) is 27.1. The molecule has 0 aliphatic rings. The van der Waals surface area contributed by atoms with E-state index in [2.05, 4.69) is 5.32 Å². The lowest BCUT2D eigenvalue weighted by atomic mass is 10.00. The molecule has 9 nitrogen and oxygen atoms in total. The molecule has 0 fully saturated rings. The summed E-state index contributed by atoms with van der Waals surface area (Å²) in [4.78, 5) is 44.1. The summed E-state index contributed by atoms with van der Waals surface area (Å²) >= 11 is 3.07. The smallest absolute Gasteiger partial charge is 0.407 e. The number of nitro benzene ring substituents is 1. The third kappa shape index (κ3) is 6.61. The summed E-state index contributed by atoms with van der Waals surface area (Å²) in [6.07, 6.45) is -0.0430. The van der Waals surface area contributed by atoms with Crippen LogP contribution in [-0.4, -0.2) is 47.0 Å². The lowest BCUT2D eigenvalue weighted by Crippen LogP contribution is -2.49. The normalized spacial score (nSPS) is 12.4. The van der Waals surface area contributed by atoms with Gasteiger partial charge in [-0.2, -0.15) is 0 Å². The van der Waals surface area contributed by atoms with Crippen LogP contribution in [0, 0.1) is 10.1 Å². The van der Waals surface area contributed by atoms with E-state index < -0.39 is 23.1 Å². The second kappa shape index (κ2) is 12.4. The van der Waals surface area contributed by atoms with Gasteiger partial charge in [0.15, 0.2) is 0 Å². The molecule has 2 amide bonds. The van der Waals surface area contributed by atoms with Gasteiger partial charge in [0.05, 0.1) is 28.6 Å². The number of carbonyl (C=O) groups is 2. The van der Waals surface area contributed by atoms with Crippen LogP contribution in [0.3, 0.4) is 0 Å². The van der Waals surface area contributed by atoms with Gasteiger partial charge in [-0.15, -0.1) is 22.7 Å². The Labute approximate surface area is 227 Å². The average molecular weight is 551 g/mol. The molecule has 0 saturated carbocycles. The molecule has 1 N–H and O–H groups in total. The van der Waals surface area contributed by atoms with Crippen LogP contribution in [-0.2, 0) is 22.4 Å². The van der Waals surface area contributed by atoms with Gasteiger partial charge in [-0.1, -0.05) is 48.5 Å². The van der Waals surface area contributed by atoms with Crippen molar-refractivity contribution >= 4 is 40.4 Å². The molecule has 2 heterocycles. The molecular weight excluding hydrogens is 524 g/mol. The van der Waals surface area contributed by atoms with Gasteiger partial charge < -0.3 is 15.0 Å². The van der Waals surface area contributed by atoms with Crippen LogP contribution in [0.2, 0.25) is 0 Å². The van der Waals surface area contributed by atoms with Gasteiger partial charge in [-0.05, 0) is 29.0 Å². The standard InChI is InChI=1S/C27H26N4O5S2/c1-30(26(32)21(29-27(33)36-2)15-18-7-4-3-5-8-18)23(16-19-10-12-20(13-11-19)31(34)35)22-17-38-25(28-22)24-9-6-14-37-24/h3-14,17,21,23H,15-16H2,1-2H3,(H,29,33)/t21-,23-/m0/s1. The molecule has 0 bridgehead atoms. The van der Waals surface area contributed by atoms with Crippen LogP contribution in [0.4, 0.5) is 10.5 Å². The molecule has 2 aromatic heterocycles. The molecule has 2 aromatic carbocycles. The molecule has 0 radical (unpaired) electrons. The van der Waals surface area contributed by atoms with Crippen LogP contribution in [0.1, 0.15) is 22.9 Å². The Morgan fingerprint density at radius 3 is 2.37 bits per heavy atom. The molecular formula is C27H26N4O5S2. The quantitative estimate of drug-likeness (QED) is 0.206. The second-order valence-electron chi connectivity index (χ2n) is 8.53. The third-order valence-corrected chi connectivity index (χ3v) is 7.94. The third-order valence-electron chi connectivity index (χ3n) is 6.04. The molecule has 4 rings (SSSR count). The van der Waals surface area contributed by atoms with Crippen molar-refractivity contribution < 1.29 is 19.2 Å². The molecule has 0 spiro atoms. The van der Waals surface area contributed by atoms with Crippen LogP contribution in [0.5, 0.6) is 0 Å². The fourth-order valence-electron chi connectivity index (χ4n) is 4.02. The number of aromatic nitrogens is 1. The maximum absolute atomic E-state index is 13.8. The largest absolute Gasteiger partial charge is 0.453 e. The summed E-state index contributed by atoms with van der Waals surface area (Å²) in [6.45, 7) is 0. The number of carbonyl (C=O) groups excluding carboxylic acids is 2. The van der Waals surface area contributed by atoms with E-state index in [1.165, 1.54) is 30.6 Å². The van der Waals surface area contributed by atoms with Crippen molar-refractivity contribution in [3.63, 3.8) is 0 Å². The predicted molar refractivity (Wildman–Crippen MR) is 147 cm³/mol. The van der Waals surface area contributed by atoms with E-state index in [1.807, 2.05) is 53.2 Å². The first-order valence-corrected chi connectivity index (χ1v) is 13.5. The zero-order valence-electron chi connectivity index (χ0n) is 20.8. The molecule has 0 saturated heterocycles. The van der Waals surface area contributed by atoms with E-state index >= 15 is 0 Å². The number of nitrogens with zero attached hydrogens (tertiary/aromatic N) is 3. The van der Waals surface area contributed by atoms with Gasteiger partial charge in [0.25, 0.3) is 5.69 Å². The van der Waals surface area contributed by atoms with Gasteiger partial charge in [0.1, 0.15) is 11.0 Å². The number of benzene rings is 2. The number of amides is 2. The number of hydrogen-bond donors (Lipinski definition) is 1. The van der Waals surface area contributed by atoms with Crippen LogP contribution >= 0.6 is 22.7 Å². The molecule has 11 heteroatoms. The number of non-ortho nitro benzene ring substituents is 1. The van der Waals surface area contributed by atoms with Crippen molar-refractivity contribution in [2.24, 2.45) is 0 Å². The van der Waals surface area contributed by atoms with Crippen molar-refractivity contribution in [1.29, 1.82) is 0 Å². The lowest BCUT2D eigenvalue weighted by Gasteiger charge is -2.31. The Balaban J connectivity index is 1.65. The number of nitro groups is 1. The number of hydrogen-bond acceptors (Lipinski definition) is 8. The van der Waals surface area contributed by atoms with Gasteiger partial charge in [-0.3, -0.25) is 14.9 Å². The summed E-state index contributed by atoms with van der Waals surface area (Å²) < 4.78 is 4.78. The molecule has 0 aliphatic carbocycles. The number of thiazole rings is 1. The number of likely N-dealkylation sites (N-methyl/N-ethyl adjacent to an activating group) is 1. The molecule has 2 atom stereocenters. The van der Waals surface area contributed by atoms with Crippen LogP contribution in [0.15, 0.2) is 77.5 Å². The van der Waals surface area contributed by atoms with E-state index in [9.17, 15) is 19.7 Å². The first-order valence-electron chi connectivity index (χ1n) is 11.7. The maximum atomic E-state index is 13.8. The molecule has 196 valence electrons. The van der Waals surface area contributed by atoms with Crippen LogP contribution < -0.4 is 5.32 Å². The Bertz CT molecular complexity index is 1370.